The van der Waals surface area contributed by atoms with Gasteiger partial charge in [0.15, 0.2) is 5.82 Å². The van der Waals surface area contributed by atoms with Crippen molar-refractivity contribution in [2.24, 2.45) is 5.73 Å². The molecule has 0 atom stereocenters. The van der Waals surface area contributed by atoms with Gasteiger partial charge in [-0.25, -0.2) is 0 Å². The topological polar surface area (TPSA) is 94.0 Å². The first kappa shape index (κ1) is 13.2. The minimum atomic E-state index is -0.413. The monoisotopic (exact) mass is 260 g/mol. The molecular weight excluding hydrogens is 244 g/mol. The molecular formula is C13H16N4O2. The number of hydrogen-bond donors (Lipinski definition) is 2. The molecule has 0 aliphatic heterocycles. The second kappa shape index (κ2) is 5.62. The fourth-order valence-corrected chi connectivity index (χ4v) is 1.76. The van der Waals surface area contributed by atoms with Gasteiger partial charge in [-0.3, -0.25) is 4.79 Å². The SMILES string of the molecule is Cc1noc(CNCc2ccc(C(N)=O)cc2C)n1. The molecule has 0 aliphatic rings. The van der Waals surface area contributed by atoms with Crippen LogP contribution in [0.3, 0.4) is 0 Å². The summed E-state index contributed by atoms with van der Waals surface area (Å²) in [5.74, 6) is 0.770. The third kappa shape index (κ3) is 3.38. The summed E-state index contributed by atoms with van der Waals surface area (Å²) < 4.78 is 5.00. The van der Waals surface area contributed by atoms with E-state index in [-0.39, 0.29) is 0 Å². The van der Waals surface area contributed by atoms with Gasteiger partial charge in [-0.05, 0) is 37.1 Å². The number of nitrogens with zero attached hydrogens (tertiary/aromatic N) is 2. The number of hydrogen-bond acceptors (Lipinski definition) is 5. The van der Waals surface area contributed by atoms with Gasteiger partial charge in [0.25, 0.3) is 0 Å². The minimum Gasteiger partial charge on any atom is -0.366 e. The molecule has 0 spiro atoms. The molecule has 1 heterocycles. The minimum absolute atomic E-state index is 0.413. The van der Waals surface area contributed by atoms with Crippen molar-refractivity contribution in [2.75, 3.05) is 0 Å². The van der Waals surface area contributed by atoms with E-state index in [9.17, 15) is 4.79 Å². The second-order valence-corrected chi connectivity index (χ2v) is 4.34. The van der Waals surface area contributed by atoms with Gasteiger partial charge in [0, 0.05) is 12.1 Å². The van der Waals surface area contributed by atoms with Crippen LogP contribution in [0.4, 0.5) is 0 Å². The van der Waals surface area contributed by atoms with E-state index >= 15 is 0 Å². The molecule has 1 amide bonds. The lowest BCUT2D eigenvalue weighted by molar-refractivity contribution is 0.1000. The van der Waals surface area contributed by atoms with Crippen LogP contribution in [0.5, 0.6) is 0 Å². The van der Waals surface area contributed by atoms with Gasteiger partial charge in [0.1, 0.15) is 0 Å². The van der Waals surface area contributed by atoms with Crippen LogP contribution in [0.2, 0.25) is 0 Å². The Kier molecular flexibility index (Phi) is 3.91. The fourth-order valence-electron chi connectivity index (χ4n) is 1.76. The van der Waals surface area contributed by atoms with Crippen LogP contribution in [0.1, 0.15) is 33.2 Å². The lowest BCUT2D eigenvalue weighted by atomic mass is 10.0. The number of rotatable bonds is 5. The van der Waals surface area contributed by atoms with Crippen molar-refractivity contribution in [1.82, 2.24) is 15.5 Å². The summed E-state index contributed by atoms with van der Waals surface area (Å²) in [4.78, 5) is 15.1. The number of carbonyl (C=O) groups is 1. The quantitative estimate of drug-likeness (QED) is 0.838. The average molecular weight is 260 g/mol. The van der Waals surface area contributed by atoms with E-state index < -0.39 is 5.91 Å². The maximum atomic E-state index is 11.0. The van der Waals surface area contributed by atoms with E-state index in [1.165, 1.54) is 0 Å². The first-order chi connectivity index (χ1) is 9.06. The highest BCUT2D eigenvalue weighted by molar-refractivity contribution is 5.93. The second-order valence-electron chi connectivity index (χ2n) is 4.34. The number of aromatic nitrogens is 2. The first-order valence-corrected chi connectivity index (χ1v) is 5.95. The molecule has 2 rings (SSSR count). The summed E-state index contributed by atoms with van der Waals surface area (Å²) in [6.07, 6.45) is 0. The molecule has 19 heavy (non-hydrogen) atoms. The van der Waals surface area contributed by atoms with E-state index in [4.69, 9.17) is 10.3 Å². The molecule has 1 aromatic heterocycles. The van der Waals surface area contributed by atoms with Crippen LogP contribution in [-0.2, 0) is 13.1 Å². The van der Waals surface area contributed by atoms with Crippen molar-refractivity contribution in [3.8, 4) is 0 Å². The highest BCUT2D eigenvalue weighted by Gasteiger charge is 2.05. The Morgan fingerprint density at radius 2 is 2.16 bits per heavy atom. The Labute approximate surface area is 111 Å². The molecule has 0 aliphatic carbocycles. The fraction of sp³-hybridized carbons (Fsp3) is 0.308. The molecule has 2 aromatic rings. The zero-order chi connectivity index (χ0) is 13.8. The summed E-state index contributed by atoms with van der Waals surface area (Å²) in [5.41, 5.74) is 7.87. The van der Waals surface area contributed by atoms with E-state index in [0.29, 0.717) is 30.4 Å². The smallest absolute Gasteiger partial charge is 0.248 e. The van der Waals surface area contributed by atoms with Gasteiger partial charge >= 0.3 is 0 Å². The Hall–Kier alpha value is -2.21. The van der Waals surface area contributed by atoms with Crippen LogP contribution in [-0.4, -0.2) is 16.0 Å². The molecule has 0 fully saturated rings. The Balaban J connectivity index is 1.94. The van der Waals surface area contributed by atoms with Gasteiger partial charge in [-0.1, -0.05) is 11.2 Å². The van der Waals surface area contributed by atoms with Gasteiger partial charge in [-0.15, -0.1) is 0 Å². The number of primary amides is 1. The number of nitrogens with two attached hydrogens (primary N) is 1. The van der Waals surface area contributed by atoms with Crippen LogP contribution >= 0.6 is 0 Å². The Morgan fingerprint density at radius 1 is 1.37 bits per heavy atom. The number of amides is 1. The highest BCUT2D eigenvalue weighted by atomic mass is 16.5. The van der Waals surface area contributed by atoms with E-state index in [2.05, 4.69) is 15.5 Å². The van der Waals surface area contributed by atoms with E-state index in [0.717, 1.165) is 11.1 Å². The van der Waals surface area contributed by atoms with Crippen molar-refractivity contribution in [3.63, 3.8) is 0 Å². The van der Waals surface area contributed by atoms with Crippen molar-refractivity contribution in [1.29, 1.82) is 0 Å². The molecule has 0 bridgehead atoms. The zero-order valence-corrected chi connectivity index (χ0v) is 10.9. The molecule has 6 heteroatoms. The maximum Gasteiger partial charge on any atom is 0.248 e. The molecule has 100 valence electrons. The number of nitrogens with one attached hydrogen (secondary N) is 1. The number of carbonyl (C=O) groups excluding carboxylic acids is 1. The standard InChI is InChI=1S/C13H16N4O2/c1-8-5-10(13(14)18)3-4-11(8)6-15-7-12-16-9(2)17-19-12/h3-5,15H,6-7H2,1-2H3,(H2,14,18). The summed E-state index contributed by atoms with van der Waals surface area (Å²) >= 11 is 0. The molecule has 0 radical (unpaired) electrons. The summed E-state index contributed by atoms with van der Waals surface area (Å²) in [6.45, 7) is 4.89. The van der Waals surface area contributed by atoms with Crippen molar-refractivity contribution in [3.05, 3.63) is 46.6 Å². The van der Waals surface area contributed by atoms with E-state index in [1.54, 1.807) is 19.1 Å². The van der Waals surface area contributed by atoms with Crippen molar-refractivity contribution in [2.45, 2.75) is 26.9 Å². The normalized spacial score (nSPS) is 10.6. The molecule has 0 unspecified atom stereocenters. The summed E-state index contributed by atoms with van der Waals surface area (Å²) in [7, 11) is 0. The predicted octanol–water partition coefficient (Wildman–Crippen LogP) is 1.08. The number of aryl methyl sites for hydroxylation is 2. The summed E-state index contributed by atoms with van der Waals surface area (Å²) in [6, 6.07) is 5.40. The molecule has 3 N–H and O–H groups in total. The molecule has 0 saturated heterocycles. The van der Waals surface area contributed by atoms with Crippen molar-refractivity contribution >= 4 is 5.91 Å². The largest absolute Gasteiger partial charge is 0.366 e. The maximum absolute atomic E-state index is 11.0. The summed E-state index contributed by atoms with van der Waals surface area (Å²) in [5, 5.41) is 6.92. The van der Waals surface area contributed by atoms with Crippen LogP contribution in [0, 0.1) is 13.8 Å². The Bertz CT molecular complexity index is 592. The third-order valence-corrected chi connectivity index (χ3v) is 2.79. The lowest BCUT2D eigenvalue weighted by Gasteiger charge is -2.07. The molecule has 6 nitrogen and oxygen atoms in total. The first-order valence-electron chi connectivity index (χ1n) is 5.95. The molecule has 1 aromatic carbocycles. The van der Waals surface area contributed by atoms with Crippen LogP contribution in [0.25, 0.3) is 0 Å². The van der Waals surface area contributed by atoms with Gasteiger partial charge in [0.05, 0.1) is 6.54 Å². The third-order valence-electron chi connectivity index (χ3n) is 2.79. The van der Waals surface area contributed by atoms with Gasteiger partial charge in [0.2, 0.25) is 11.8 Å². The van der Waals surface area contributed by atoms with Crippen LogP contribution in [0.15, 0.2) is 22.7 Å². The lowest BCUT2D eigenvalue weighted by Crippen LogP contribution is -2.15. The van der Waals surface area contributed by atoms with Crippen LogP contribution < -0.4 is 11.1 Å². The number of benzene rings is 1. The average Bonchev–Trinajstić information content (AvgIpc) is 2.77. The predicted molar refractivity (Wildman–Crippen MR) is 69.3 cm³/mol. The molecule has 0 saturated carbocycles. The highest BCUT2D eigenvalue weighted by Crippen LogP contribution is 2.11. The Morgan fingerprint density at radius 3 is 2.74 bits per heavy atom. The zero-order valence-electron chi connectivity index (χ0n) is 10.9. The van der Waals surface area contributed by atoms with Gasteiger partial charge in [-0.2, -0.15) is 4.98 Å². The van der Waals surface area contributed by atoms with E-state index in [1.807, 2.05) is 13.0 Å². The van der Waals surface area contributed by atoms with Gasteiger partial charge < -0.3 is 15.6 Å². The van der Waals surface area contributed by atoms with Crippen molar-refractivity contribution < 1.29 is 9.32 Å².